The average molecular weight is 170 g/mol. The Balaban J connectivity index is 3.65. The summed E-state index contributed by atoms with van der Waals surface area (Å²) in [7, 11) is 0. The fourth-order valence-corrected chi connectivity index (χ4v) is 0.147. The van der Waals surface area contributed by atoms with Gasteiger partial charge in [0.2, 0.25) is 0 Å². The molecule has 0 aliphatic carbocycles. The zero-order valence-electron chi connectivity index (χ0n) is 5.47. The largest absolute Gasteiger partial charge is 0.183 e. The highest BCUT2D eigenvalue weighted by Crippen LogP contribution is 1.85. The third kappa shape index (κ3) is 7.60. The summed E-state index contributed by atoms with van der Waals surface area (Å²) < 4.78 is 0. The minimum absolute atomic E-state index is 2.48. The Morgan fingerprint density at radius 1 is 0.417 bits per heavy atom. The molecule has 12 nitrogen and oxygen atoms in total. The minimum Gasteiger partial charge on any atom is -0.183 e. The van der Waals surface area contributed by atoms with Crippen molar-refractivity contribution in [3.05, 3.63) is 0 Å². The minimum atomic E-state index is 2.48. The van der Waals surface area contributed by atoms with Crippen LogP contribution in [0.5, 0.6) is 0 Å². The van der Waals surface area contributed by atoms with Gasteiger partial charge in [0.15, 0.2) is 0 Å². The SMILES string of the molecule is N=NN=NN=NN=NN=NN=N. The standard InChI is InChI=1S/H2N12/c1-3-5-7-9-11-12-10-8-6-4-2/h1-2H. The van der Waals surface area contributed by atoms with Gasteiger partial charge in [-0.1, -0.05) is 0 Å². The molecule has 12 heavy (non-hydrogen) atoms. The predicted octanol–water partition coefficient (Wildman–Crippen LogP) is 2.43. The first-order valence-corrected chi connectivity index (χ1v) is 2.25. The topological polar surface area (TPSA) is 171 Å². The maximum Gasteiger partial charge on any atom is -0.00000000782 e. The molecule has 0 radical (unpaired) electrons. The van der Waals surface area contributed by atoms with Gasteiger partial charge in [-0.3, -0.25) is 0 Å². The van der Waals surface area contributed by atoms with Crippen LogP contribution in [-0.4, -0.2) is 0 Å². The van der Waals surface area contributed by atoms with E-state index < -0.39 is 0 Å². The number of hydrogen-bond acceptors (Lipinski definition) is 2. The maximum absolute atomic E-state index is 6.12. The fourth-order valence-electron chi connectivity index (χ4n) is 0.147. The van der Waals surface area contributed by atoms with Gasteiger partial charge in [-0.2, -0.15) is 11.1 Å². The lowest BCUT2D eigenvalue weighted by Crippen LogP contribution is -1.47. The van der Waals surface area contributed by atoms with Gasteiger partial charge in [-0.05, 0) is 52.2 Å². The van der Waals surface area contributed by atoms with Crippen LogP contribution >= 0.6 is 0 Å². The Morgan fingerprint density at radius 3 is 0.917 bits per heavy atom. The second kappa shape index (κ2) is 8.60. The molecule has 0 unspecified atom stereocenters. The molecule has 0 saturated heterocycles. The van der Waals surface area contributed by atoms with Crippen LogP contribution in [0.1, 0.15) is 0 Å². The number of hydrogen-bond donors (Lipinski definition) is 2. The highest BCUT2D eigenvalue weighted by atomic mass is 15.7. The number of nitrogens with zero attached hydrogens (tertiary/aromatic N) is 10. The molecule has 0 aromatic heterocycles. The van der Waals surface area contributed by atoms with E-state index in [0.717, 1.165) is 0 Å². The van der Waals surface area contributed by atoms with E-state index in [1.54, 1.807) is 0 Å². The van der Waals surface area contributed by atoms with Crippen LogP contribution in [0, 0.1) is 11.1 Å². The quantitative estimate of drug-likeness (QED) is 0.456. The summed E-state index contributed by atoms with van der Waals surface area (Å²) >= 11 is 0. The van der Waals surface area contributed by atoms with Crippen molar-refractivity contribution in [3.63, 3.8) is 0 Å². The van der Waals surface area contributed by atoms with Gasteiger partial charge in [0.25, 0.3) is 0 Å². The molecular weight excluding hydrogens is 168 g/mol. The van der Waals surface area contributed by atoms with E-state index >= 15 is 0 Å². The molecule has 0 fully saturated rings. The summed E-state index contributed by atoms with van der Waals surface area (Å²) in [5.41, 5.74) is 12.2. The van der Waals surface area contributed by atoms with Gasteiger partial charge in [-0.25, -0.2) is 0 Å². The van der Waals surface area contributed by atoms with Gasteiger partial charge in [-0.15, -0.1) is 0 Å². The summed E-state index contributed by atoms with van der Waals surface area (Å²) in [4.78, 5) is 0. The van der Waals surface area contributed by atoms with E-state index in [2.05, 4.69) is 52.2 Å². The monoisotopic (exact) mass is 170 g/mol. The Labute approximate surface area is 64.5 Å². The molecule has 0 aliphatic heterocycles. The van der Waals surface area contributed by atoms with Gasteiger partial charge in [0.05, 0.1) is 0 Å². The van der Waals surface area contributed by atoms with Gasteiger partial charge < -0.3 is 0 Å². The van der Waals surface area contributed by atoms with E-state index in [4.69, 9.17) is 11.1 Å². The van der Waals surface area contributed by atoms with Gasteiger partial charge in [0, 0.05) is 0 Å². The molecular formula is H2N12. The normalized spacial score (nSPS) is 12.3. The van der Waals surface area contributed by atoms with Crippen molar-refractivity contribution >= 4 is 0 Å². The molecule has 62 valence electrons. The van der Waals surface area contributed by atoms with Crippen LogP contribution in [0.2, 0.25) is 0 Å². The lowest BCUT2D eigenvalue weighted by Gasteiger charge is -1.66. The second-order valence-corrected chi connectivity index (χ2v) is 0.916. The molecule has 0 heterocycles. The predicted molar refractivity (Wildman–Crippen MR) is 29.7 cm³/mol. The van der Waals surface area contributed by atoms with Gasteiger partial charge in [0.1, 0.15) is 0 Å². The maximum atomic E-state index is 6.12. The summed E-state index contributed by atoms with van der Waals surface area (Å²) in [5, 5.41) is 27.8. The Kier molecular flexibility index (Phi) is 6.88. The van der Waals surface area contributed by atoms with Crippen molar-refractivity contribution in [1.82, 2.24) is 0 Å². The first-order valence-electron chi connectivity index (χ1n) is 2.25. The van der Waals surface area contributed by atoms with E-state index in [-0.39, 0.29) is 0 Å². The Bertz CT molecular complexity index is 198. The Morgan fingerprint density at radius 2 is 0.667 bits per heavy atom. The number of rotatable bonds is 5. The first kappa shape index (κ1) is 9.60. The second-order valence-electron chi connectivity index (χ2n) is 0.916. The molecule has 0 amide bonds. The van der Waals surface area contributed by atoms with Crippen LogP contribution in [0.15, 0.2) is 52.2 Å². The first-order chi connectivity index (χ1) is 5.91. The summed E-state index contributed by atoms with van der Waals surface area (Å²) in [6, 6.07) is 0. The summed E-state index contributed by atoms with van der Waals surface area (Å²) in [6.45, 7) is 0. The highest BCUT2D eigenvalue weighted by Gasteiger charge is 1.66. The molecule has 0 aromatic carbocycles. The van der Waals surface area contributed by atoms with Crippen LogP contribution in [-0.2, 0) is 0 Å². The lowest BCUT2D eigenvalue weighted by molar-refractivity contribution is 0.754. The zero-order valence-corrected chi connectivity index (χ0v) is 5.47. The van der Waals surface area contributed by atoms with E-state index in [1.165, 1.54) is 0 Å². The fraction of sp³-hybridized carbons (Fsp3) is 0. The molecule has 0 bridgehead atoms. The third-order valence-corrected chi connectivity index (χ3v) is 0.369. The molecule has 0 aromatic rings. The summed E-state index contributed by atoms with van der Waals surface area (Å²) in [5.74, 6) is 0. The molecule has 0 atom stereocenters. The van der Waals surface area contributed by atoms with E-state index in [0.29, 0.717) is 0 Å². The Hall–Kier alpha value is -2.40. The van der Waals surface area contributed by atoms with Crippen molar-refractivity contribution in [2.24, 2.45) is 52.2 Å². The molecule has 2 N–H and O–H groups in total. The zero-order chi connectivity index (χ0) is 9.07. The van der Waals surface area contributed by atoms with E-state index in [9.17, 15) is 0 Å². The van der Waals surface area contributed by atoms with Crippen molar-refractivity contribution in [3.8, 4) is 0 Å². The molecule has 0 saturated carbocycles. The average Bonchev–Trinajstić information content (AvgIpc) is 2.10. The number of nitrogens with one attached hydrogen (secondary N) is 2. The smallest absolute Gasteiger partial charge is 0.00000000782 e. The molecule has 0 spiro atoms. The molecule has 0 aliphatic rings. The van der Waals surface area contributed by atoms with Crippen molar-refractivity contribution in [1.29, 1.82) is 11.1 Å². The van der Waals surface area contributed by atoms with Crippen molar-refractivity contribution in [2.75, 3.05) is 0 Å². The van der Waals surface area contributed by atoms with Crippen LogP contribution in [0.3, 0.4) is 0 Å². The van der Waals surface area contributed by atoms with Crippen molar-refractivity contribution in [2.45, 2.75) is 0 Å². The van der Waals surface area contributed by atoms with Crippen LogP contribution < -0.4 is 0 Å². The molecule has 0 rings (SSSR count). The van der Waals surface area contributed by atoms with Crippen molar-refractivity contribution < 1.29 is 0 Å². The lowest BCUT2D eigenvalue weighted by atomic mass is 12.4. The van der Waals surface area contributed by atoms with Crippen LogP contribution in [0.25, 0.3) is 0 Å². The molecule has 12 heteroatoms. The van der Waals surface area contributed by atoms with Gasteiger partial charge >= 0.3 is 0 Å². The summed E-state index contributed by atoms with van der Waals surface area (Å²) in [6.07, 6.45) is 0. The van der Waals surface area contributed by atoms with Crippen LogP contribution in [0.4, 0.5) is 0 Å². The highest BCUT2D eigenvalue weighted by molar-refractivity contribution is 4.09. The third-order valence-electron chi connectivity index (χ3n) is 0.369. The van der Waals surface area contributed by atoms with E-state index in [1.807, 2.05) is 0 Å².